The van der Waals surface area contributed by atoms with Crippen LogP contribution in [0.5, 0.6) is 0 Å². The second-order valence-electron chi connectivity index (χ2n) is 7.71. The largest absolute Gasteiger partial charge is 0.280 e. The van der Waals surface area contributed by atoms with Crippen LogP contribution in [0.15, 0.2) is 58.3 Å². The van der Waals surface area contributed by atoms with E-state index in [4.69, 9.17) is 0 Å². The highest BCUT2D eigenvalue weighted by Gasteiger charge is 2.31. The second kappa shape index (κ2) is 7.85. The van der Waals surface area contributed by atoms with Gasteiger partial charge in [0.1, 0.15) is 0 Å². The first-order valence-corrected chi connectivity index (χ1v) is 12.2. The Balaban J connectivity index is 1.78. The van der Waals surface area contributed by atoms with E-state index < -0.39 is 20.0 Å². The number of aryl methyl sites for hydroxylation is 1. The fraction of sp³-hybridized carbons (Fsp3) is 0.400. The van der Waals surface area contributed by atoms with Crippen LogP contribution in [-0.2, 0) is 20.0 Å². The van der Waals surface area contributed by atoms with Gasteiger partial charge in [0, 0.05) is 18.8 Å². The second-order valence-corrected chi connectivity index (χ2v) is 11.3. The molecule has 152 valence electrons. The molecule has 0 amide bonds. The van der Waals surface area contributed by atoms with Gasteiger partial charge >= 0.3 is 0 Å². The zero-order valence-corrected chi connectivity index (χ0v) is 17.9. The molecule has 0 aliphatic carbocycles. The van der Waals surface area contributed by atoms with Gasteiger partial charge in [0.25, 0.3) is 10.0 Å². The molecule has 0 saturated carbocycles. The average Bonchev–Trinajstić information content (AvgIpc) is 2.61. The summed E-state index contributed by atoms with van der Waals surface area (Å²) in [4.78, 5) is 0.332. The molecule has 8 heteroatoms. The van der Waals surface area contributed by atoms with Crippen molar-refractivity contribution < 1.29 is 16.8 Å². The van der Waals surface area contributed by atoms with E-state index in [1.54, 1.807) is 12.1 Å². The Morgan fingerprint density at radius 3 is 1.86 bits per heavy atom. The van der Waals surface area contributed by atoms with E-state index in [0.29, 0.717) is 30.6 Å². The SMILES string of the molecule is Cc1ccc(S(=O)(=O)Nc2ccc(S(=O)(=O)N3C[C@@H](C)C[C@H](C)C3)cc2)cc1. The van der Waals surface area contributed by atoms with Gasteiger partial charge in [0.05, 0.1) is 9.79 Å². The first-order chi connectivity index (χ1) is 13.1. The lowest BCUT2D eigenvalue weighted by atomic mass is 9.94. The number of sulfonamides is 2. The molecule has 2 aromatic rings. The fourth-order valence-corrected chi connectivity index (χ4v) is 6.32. The van der Waals surface area contributed by atoms with Crippen molar-refractivity contribution in [3.63, 3.8) is 0 Å². The summed E-state index contributed by atoms with van der Waals surface area (Å²) in [5, 5.41) is 0. The molecular weight excluding hydrogens is 396 g/mol. The van der Waals surface area contributed by atoms with Gasteiger partial charge in [0.15, 0.2) is 0 Å². The van der Waals surface area contributed by atoms with Crippen LogP contribution in [0.3, 0.4) is 0 Å². The van der Waals surface area contributed by atoms with Crippen molar-refractivity contribution in [2.75, 3.05) is 17.8 Å². The molecule has 1 fully saturated rings. The van der Waals surface area contributed by atoms with Crippen molar-refractivity contribution in [1.29, 1.82) is 0 Å². The molecule has 0 spiro atoms. The van der Waals surface area contributed by atoms with Gasteiger partial charge in [-0.3, -0.25) is 4.72 Å². The lowest BCUT2D eigenvalue weighted by Crippen LogP contribution is -2.42. The number of benzene rings is 2. The van der Waals surface area contributed by atoms with Crippen LogP contribution in [0.4, 0.5) is 5.69 Å². The Hall–Kier alpha value is -1.90. The van der Waals surface area contributed by atoms with Gasteiger partial charge in [-0.25, -0.2) is 16.8 Å². The van der Waals surface area contributed by atoms with Crippen LogP contribution >= 0.6 is 0 Å². The maximum Gasteiger partial charge on any atom is 0.261 e. The van der Waals surface area contributed by atoms with Crippen molar-refractivity contribution >= 4 is 25.7 Å². The van der Waals surface area contributed by atoms with E-state index >= 15 is 0 Å². The summed E-state index contributed by atoms with van der Waals surface area (Å²) in [6.07, 6.45) is 1.02. The minimum atomic E-state index is -3.72. The number of anilines is 1. The normalized spacial score (nSPS) is 21.4. The number of nitrogens with zero attached hydrogens (tertiary/aromatic N) is 1. The predicted octanol–water partition coefficient (Wildman–Crippen LogP) is 3.46. The van der Waals surface area contributed by atoms with Crippen LogP contribution in [0.1, 0.15) is 25.8 Å². The zero-order chi connectivity index (χ0) is 20.5. The molecule has 0 bridgehead atoms. The Morgan fingerprint density at radius 2 is 1.32 bits per heavy atom. The topological polar surface area (TPSA) is 83.5 Å². The average molecular weight is 423 g/mol. The predicted molar refractivity (Wildman–Crippen MR) is 110 cm³/mol. The van der Waals surface area contributed by atoms with Crippen molar-refractivity contribution in [2.45, 2.75) is 37.0 Å². The maximum atomic E-state index is 12.9. The van der Waals surface area contributed by atoms with E-state index in [0.717, 1.165) is 12.0 Å². The van der Waals surface area contributed by atoms with Gasteiger partial charge in [-0.2, -0.15) is 4.31 Å². The number of hydrogen-bond donors (Lipinski definition) is 1. The van der Waals surface area contributed by atoms with Crippen molar-refractivity contribution in [3.8, 4) is 0 Å². The van der Waals surface area contributed by atoms with Gasteiger partial charge in [-0.1, -0.05) is 31.5 Å². The smallest absolute Gasteiger partial charge is 0.261 e. The third kappa shape index (κ3) is 4.56. The zero-order valence-electron chi connectivity index (χ0n) is 16.3. The summed E-state index contributed by atoms with van der Waals surface area (Å²) in [5.74, 6) is 0.637. The quantitative estimate of drug-likeness (QED) is 0.800. The summed E-state index contributed by atoms with van der Waals surface area (Å²) < 4.78 is 54.8. The first kappa shape index (κ1) is 20.8. The van der Waals surface area contributed by atoms with Crippen LogP contribution in [0, 0.1) is 18.8 Å². The molecular formula is C20H26N2O4S2. The van der Waals surface area contributed by atoms with Gasteiger partial charge in [-0.05, 0) is 61.6 Å². The monoisotopic (exact) mass is 422 g/mol. The molecule has 1 saturated heterocycles. The molecule has 3 rings (SSSR count). The van der Waals surface area contributed by atoms with Crippen LogP contribution < -0.4 is 4.72 Å². The minimum absolute atomic E-state index is 0.158. The van der Waals surface area contributed by atoms with Crippen LogP contribution in [0.25, 0.3) is 0 Å². The number of nitrogens with one attached hydrogen (secondary N) is 1. The van der Waals surface area contributed by atoms with E-state index in [1.807, 2.05) is 6.92 Å². The highest BCUT2D eigenvalue weighted by Crippen LogP contribution is 2.27. The molecule has 1 N–H and O–H groups in total. The lowest BCUT2D eigenvalue weighted by molar-refractivity contribution is 0.222. The lowest BCUT2D eigenvalue weighted by Gasteiger charge is -2.34. The Labute approximate surface area is 167 Å². The van der Waals surface area contributed by atoms with E-state index in [-0.39, 0.29) is 9.79 Å². The summed E-state index contributed by atoms with van der Waals surface area (Å²) in [5.41, 5.74) is 1.29. The molecule has 2 atom stereocenters. The van der Waals surface area contributed by atoms with Crippen molar-refractivity contribution in [1.82, 2.24) is 4.31 Å². The van der Waals surface area contributed by atoms with Crippen LogP contribution in [-0.4, -0.2) is 34.2 Å². The summed E-state index contributed by atoms with van der Waals surface area (Å²) in [7, 11) is -7.31. The molecule has 1 aliphatic rings. The summed E-state index contributed by atoms with van der Waals surface area (Å²) >= 11 is 0. The highest BCUT2D eigenvalue weighted by atomic mass is 32.2. The number of hydrogen-bond acceptors (Lipinski definition) is 4. The van der Waals surface area contributed by atoms with Gasteiger partial charge in [0.2, 0.25) is 10.0 Å². The summed E-state index contributed by atoms with van der Waals surface area (Å²) in [6, 6.07) is 12.4. The molecule has 6 nitrogen and oxygen atoms in total. The fourth-order valence-electron chi connectivity index (χ4n) is 3.58. The van der Waals surface area contributed by atoms with Crippen molar-refractivity contribution in [2.24, 2.45) is 11.8 Å². The third-order valence-corrected chi connectivity index (χ3v) is 8.15. The van der Waals surface area contributed by atoms with E-state index in [1.165, 1.54) is 40.7 Å². The van der Waals surface area contributed by atoms with Crippen molar-refractivity contribution in [3.05, 3.63) is 54.1 Å². The Kier molecular flexibility index (Phi) is 5.84. The molecule has 0 unspecified atom stereocenters. The highest BCUT2D eigenvalue weighted by molar-refractivity contribution is 7.92. The molecule has 1 heterocycles. The van der Waals surface area contributed by atoms with Gasteiger partial charge in [-0.15, -0.1) is 0 Å². The standard InChI is InChI=1S/C20H26N2O4S2/c1-15-4-8-19(9-5-15)27(23,24)21-18-6-10-20(11-7-18)28(25,26)22-13-16(2)12-17(3)14-22/h4-11,16-17,21H,12-14H2,1-3H3/t16-,17-/m0/s1. The Morgan fingerprint density at radius 1 is 0.821 bits per heavy atom. The van der Waals surface area contributed by atoms with E-state index in [2.05, 4.69) is 18.6 Å². The molecule has 2 aromatic carbocycles. The molecule has 0 aromatic heterocycles. The molecule has 28 heavy (non-hydrogen) atoms. The molecule has 0 radical (unpaired) electrons. The minimum Gasteiger partial charge on any atom is -0.280 e. The van der Waals surface area contributed by atoms with Crippen LogP contribution in [0.2, 0.25) is 0 Å². The summed E-state index contributed by atoms with van der Waals surface area (Å²) in [6.45, 7) is 7.01. The Bertz CT molecular complexity index is 1020. The first-order valence-electron chi connectivity index (χ1n) is 9.27. The van der Waals surface area contributed by atoms with E-state index in [9.17, 15) is 16.8 Å². The maximum absolute atomic E-state index is 12.9. The third-order valence-electron chi connectivity index (χ3n) is 4.91. The number of piperidine rings is 1. The number of rotatable bonds is 5. The molecule has 1 aliphatic heterocycles. The van der Waals surface area contributed by atoms with Gasteiger partial charge < -0.3 is 0 Å².